The van der Waals surface area contributed by atoms with E-state index in [1.807, 2.05) is 96.2 Å². The number of carbonyl (C=O) groups is 2. The summed E-state index contributed by atoms with van der Waals surface area (Å²) in [5.41, 5.74) is 10.5. The van der Waals surface area contributed by atoms with E-state index in [4.69, 9.17) is 31.3 Å². The van der Waals surface area contributed by atoms with Gasteiger partial charge in [0.2, 0.25) is 0 Å². The maximum Gasteiger partial charge on any atom is 2.00 e. The number of aliphatic hydroxyl groups is 4. The average molecular weight is 1550 g/mol. The zero-order valence-electron chi connectivity index (χ0n) is 62.8. The van der Waals surface area contributed by atoms with E-state index in [1.165, 1.54) is 50.7 Å². The maximum absolute atomic E-state index is 13.8. The molecule has 9 N–H and O–H groups in total. The standard InChI is InChI=1S/C21H28FN3OS.C15H22N2OS.C11H13NO.C10H15FNSi.C4H11NOS.4C3H8O.BrH.Mg.Ti/c1-27(2,3)20(26)25-21(11-8-15-4-5-15,16-9-12-24-13-10-16)17-6-7-18(22)19(23)14-17;1-15(2,3)19(18)17-14(7-6-12-4-5-12)13-8-10-16-11-9-13;13-11(4-3-9-1-2-9)10-5-7-12-8-6-10;1-12(13(2,3)4)10-8-6-5-7-9(10)11;1-4(2,3)7(5)6;4*1-3(2)4;;;/h6-7,9-10,12-15H,4-5,8,11,23H2,1-3H3,(H,25,26);8-12H,4-7H2,1-3H3;5-9H,1-4H2;5,7-8H,1-4H3;5H2,1-3H3;4*3-4H,1-2H3;1H;;/q;;;-1;;;;;;;+2;/p-1/t;;;;7-;;;;;;;/m....1......./s1. The van der Waals surface area contributed by atoms with Crippen molar-refractivity contribution in [1.29, 1.82) is 0 Å². The number of ketones is 1. The van der Waals surface area contributed by atoms with Gasteiger partial charge in [0.15, 0.2) is 5.78 Å². The van der Waals surface area contributed by atoms with Crippen LogP contribution in [0.5, 0.6) is 0 Å². The number of halogens is 3. The topological polar surface area (TPSA) is 268 Å². The van der Waals surface area contributed by atoms with Crippen LogP contribution in [0.2, 0.25) is 19.6 Å². The third kappa shape index (κ3) is 48.6. The number of benzene rings is 2. The molecule has 0 radical (unpaired) electrons. The van der Waals surface area contributed by atoms with Crippen LogP contribution in [0.25, 0.3) is 0 Å². The summed E-state index contributed by atoms with van der Waals surface area (Å²) in [5, 5.41) is 40.6. The predicted octanol–water partition coefficient (Wildman–Crippen LogP) is 12.1. The van der Waals surface area contributed by atoms with Gasteiger partial charge in [-0.1, -0.05) is 64.2 Å². The van der Waals surface area contributed by atoms with Gasteiger partial charge >= 0.3 is 23.1 Å². The molecule has 3 atom stereocenters. The van der Waals surface area contributed by atoms with Crippen LogP contribution in [0.15, 0.2) is 114 Å². The zero-order valence-corrected chi connectivity index (χ0v) is 70.8. The van der Waals surface area contributed by atoms with Gasteiger partial charge in [-0.15, -0.1) is 6.07 Å². The molecular weight excluding hydrogens is 1430 g/mol. The first-order chi connectivity index (χ1) is 43.8. The fraction of sp³-hybridized carbons (Fsp3) is 0.589. The molecule has 0 aliphatic heterocycles. The second-order valence-electron chi connectivity index (χ2n) is 28.8. The van der Waals surface area contributed by atoms with E-state index in [1.54, 1.807) is 129 Å². The number of amides is 1. The van der Waals surface area contributed by atoms with Gasteiger partial charge in [0.25, 0.3) is 5.24 Å². The van der Waals surface area contributed by atoms with Crippen molar-refractivity contribution in [3.05, 3.63) is 150 Å². The molecule has 16 nitrogen and oxygen atoms in total. The van der Waals surface area contributed by atoms with Crippen molar-refractivity contribution in [3.63, 3.8) is 0 Å². The quantitative estimate of drug-likeness (QED) is 0.0150. The molecule has 0 bridgehead atoms. The number of pyridine rings is 3. The molecule has 3 fully saturated rings. The van der Waals surface area contributed by atoms with Crippen LogP contribution in [0.1, 0.15) is 201 Å². The van der Waals surface area contributed by atoms with E-state index in [9.17, 15) is 26.8 Å². The Morgan fingerprint density at radius 2 is 1.05 bits per heavy atom. The molecule has 8 rings (SSSR count). The van der Waals surface area contributed by atoms with Crippen molar-refractivity contribution in [2.24, 2.45) is 27.3 Å². The van der Waals surface area contributed by atoms with E-state index in [2.05, 4.69) is 50.4 Å². The molecule has 0 saturated heterocycles. The minimum atomic E-state index is -1.46. The first kappa shape index (κ1) is 101. The number of rotatable bonds is 17. The summed E-state index contributed by atoms with van der Waals surface area (Å²) in [7, 11) is -3.36. The Morgan fingerprint density at radius 3 is 1.41 bits per heavy atom. The first-order valence-corrected chi connectivity index (χ1v) is 41.6. The number of nitrogens with two attached hydrogens (primary N) is 2. The number of aromatic nitrogens is 3. The van der Waals surface area contributed by atoms with Crippen molar-refractivity contribution >= 4 is 91.4 Å². The molecule has 3 saturated carbocycles. The fourth-order valence-corrected chi connectivity index (χ4v) is 9.52. The van der Waals surface area contributed by atoms with Crippen LogP contribution in [-0.2, 0) is 49.2 Å². The summed E-state index contributed by atoms with van der Waals surface area (Å²) in [6.07, 6.45) is 29.0. The van der Waals surface area contributed by atoms with Crippen LogP contribution < -0.4 is 37.7 Å². The molecule has 3 aliphatic carbocycles. The Hall–Kier alpha value is -3.21. The molecule has 98 heavy (non-hydrogen) atoms. The SMILES string of the molecule is CC(C)(C)S(=O)N=C(CCC1CC1)c1ccncc1.CC(C)(C)[S@](N)=O.CC(C)O.CC(C)O.CC(C)O.CC(C)O.CN(c1c[c-]ccc1F)[Si](C)(C)C.CS(C)(C)C(=O)NC(CCC1CC1)(c1ccncc1)c1ccc(F)c(N)c1.O=C(CCC1CC1)c1ccncc1.[Br-].[Mg+2].[Ti]. The molecule has 2 unspecified atom stereocenters. The second-order valence-corrected chi connectivity index (χ2v) is 41.5. The van der Waals surface area contributed by atoms with Gasteiger partial charge in [-0.2, -0.15) is 32.6 Å². The molecule has 1 amide bonds. The van der Waals surface area contributed by atoms with Crippen molar-refractivity contribution in [3.8, 4) is 0 Å². The smallest absolute Gasteiger partial charge is 1.00 e. The van der Waals surface area contributed by atoms with Crippen LogP contribution in [-0.4, -0.2) is 152 Å². The molecule has 5 aromatic rings. The van der Waals surface area contributed by atoms with Crippen LogP contribution in [0.4, 0.5) is 25.0 Å². The number of aliphatic hydroxyl groups excluding tert-OH is 4. The number of anilines is 2. The summed E-state index contributed by atoms with van der Waals surface area (Å²) in [4.78, 5) is 36.6. The minimum Gasteiger partial charge on any atom is -1.00 e. The summed E-state index contributed by atoms with van der Waals surface area (Å²) >= 11 is 0. The largest absolute Gasteiger partial charge is 2.00 e. The third-order valence-electron chi connectivity index (χ3n) is 13.6. The Kier molecular flexibility index (Phi) is 52.7. The van der Waals surface area contributed by atoms with Crippen molar-refractivity contribution in [1.82, 2.24) is 20.3 Å². The number of carbonyl (C=O) groups excluding carboxylic acids is 2. The molecule has 0 spiro atoms. The van der Waals surface area contributed by atoms with E-state index < -0.39 is 51.6 Å². The second kappa shape index (κ2) is 51.0. The third-order valence-corrected chi connectivity index (χ3v) is 19.7. The zero-order chi connectivity index (χ0) is 73.1. The van der Waals surface area contributed by atoms with Gasteiger partial charge in [0.1, 0.15) is 25.0 Å². The Bertz CT molecular complexity index is 3000. The van der Waals surface area contributed by atoms with Gasteiger partial charge in [-0.25, -0.2) is 17.2 Å². The van der Waals surface area contributed by atoms with Gasteiger partial charge in [-0.05, 0) is 244 Å². The van der Waals surface area contributed by atoms with Crippen molar-refractivity contribution in [2.75, 3.05) is 36.1 Å². The molecule has 2 aromatic carbocycles. The summed E-state index contributed by atoms with van der Waals surface area (Å²) in [6, 6.07) is 23.7. The van der Waals surface area contributed by atoms with Crippen molar-refractivity contribution < 1.29 is 85.9 Å². The van der Waals surface area contributed by atoms with Gasteiger partial charge in [-0.3, -0.25) is 29.7 Å². The van der Waals surface area contributed by atoms with Gasteiger partial charge < -0.3 is 53.0 Å². The molecule has 3 heterocycles. The van der Waals surface area contributed by atoms with Crippen LogP contribution in [0, 0.1) is 35.5 Å². The van der Waals surface area contributed by atoms with Gasteiger partial charge in [0.05, 0.1) is 37.4 Å². The number of Topliss-reactive ketones (excluding diaryl/α,β-unsaturated/α-hetero) is 1. The number of nitrogens with one attached hydrogen (secondary N) is 1. The number of nitrogen functional groups attached to an aromatic ring is 1. The first-order valence-electron chi connectivity index (χ1n) is 32.9. The number of hydrogen-bond acceptors (Lipinski definition) is 13. The number of nitrogens with zero attached hydrogens (tertiary/aromatic N) is 5. The Balaban J connectivity index is -0.000000551. The fourth-order valence-electron chi connectivity index (χ4n) is 7.48. The maximum atomic E-state index is 13.8. The number of hydrogen-bond donors (Lipinski definition) is 7. The molecule has 25 heteroatoms. The van der Waals surface area contributed by atoms with Crippen LogP contribution >= 0.6 is 10.0 Å². The normalized spacial score (nSPS) is 14.6. The minimum absolute atomic E-state index is 0. The Labute approximate surface area is 638 Å². The predicted molar refractivity (Wildman–Crippen MR) is 407 cm³/mol. The summed E-state index contributed by atoms with van der Waals surface area (Å²) < 4.78 is 55.7. The van der Waals surface area contributed by atoms with Gasteiger partial charge in [0, 0.05) is 101 Å². The average Bonchev–Trinajstić information content (AvgIpc) is 1.36. The molecule has 3 aromatic heterocycles. The van der Waals surface area contributed by atoms with E-state index >= 15 is 0 Å². The summed E-state index contributed by atoms with van der Waals surface area (Å²) in [5.74, 6) is 2.04. The molecule has 3 aliphatic rings. The van der Waals surface area contributed by atoms with Crippen molar-refractivity contribution in [2.45, 2.75) is 233 Å². The molecular formula is C73H121BrF2MgN8O8S3SiTi. The summed E-state index contributed by atoms with van der Waals surface area (Å²) in [6.45, 7) is 31.7. The Morgan fingerprint density at radius 1 is 0.663 bits per heavy atom. The van der Waals surface area contributed by atoms with E-state index in [0.29, 0.717) is 18.0 Å². The molecule has 550 valence electrons. The monoisotopic (exact) mass is 1550 g/mol. The van der Waals surface area contributed by atoms with E-state index in [0.717, 1.165) is 71.9 Å². The van der Waals surface area contributed by atoms with Crippen LogP contribution in [0.3, 0.4) is 0 Å². The van der Waals surface area contributed by atoms with E-state index in [-0.39, 0.29) is 118 Å².